The zero-order valence-corrected chi connectivity index (χ0v) is 20.3. The number of aryl methyl sites for hydroxylation is 1. The third-order valence-electron chi connectivity index (χ3n) is 5.52. The number of nitro groups is 1. The number of benzene rings is 2. The number of non-ortho nitro benzene ring substituents is 1. The highest BCUT2D eigenvalue weighted by atomic mass is 32.1. The maximum Gasteiger partial charge on any atom is 0.301 e. The number of aromatic nitrogens is 3. The van der Waals surface area contributed by atoms with Crippen molar-refractivity contribution in [2.45, 2.75) is 40.0 Å². The number of azo groups is 1. The molecule has 4 aromatic rings. The van der Waals surface area contributed by atoms with Crippen LogP contribution in [0.5, 0.6) is 0 Å². The first kappa shape index (κ1) is 23.2. The van der Waals surface area contributed by atoms with E-state index in [1.165, 1.54) is 28.2 Å². The Kier molecular flexibility index (Phi) is 6.01. The van der Waals surface area contributed by atoms with Crippen molar-refractivity contribution in [3.63, 3.8) is 0 Å². The normalized spacial score (nSPS) is 11.9. The largest absolute Gasteiger partial charge is 0.301 e. The number of aromatic amines is 1. The Morgan fingerprint density at radius 1 is 1.09 bits per heavy atom. The van der Waals surface area contributed by atoms with E-state index in [-0.39, 0.29) is 16.8 Å². The molecule has 174 valence electrons. The summed E-state index contributed by atoms with van der Waals surface area (Å²) in [4.78, 5) is 28.6. The van der Waals surface area contributed by atoms with E-state index >= 15 is 0 Å². The number of hydrogen-bond donors (Lipinski definition) is 1. The predicted octanol–water partition coefficient (Wildman–Crippen LogP) is 6.53. The highest BCUT2D eigenvalue weighted by Gasteiger charge is 2.22. The third-order valence-corrected chi connectivity index (χ3v) is 6.34. The van der Waals surface area contributed by atoms with Crippen molar-refractivity contribution in [1.29, 1.82) is 0 Å². The molecule has 0 fully saturated rings. The quantitative estimate of drug-likeness (QED) is 0.200. The second-order valence-corrected chi connectivity index (χ2v) is 9.80. The molecule has 0 aliphatic heterocycles. The SMILES string of the molecule is Cc1cccc(N=Nc2c(-c3ccc([N+](=O)[O-])cc3)[nH]n(-c3nc(C(C)(C)C)cs3)c2=O)c1C. The smallest absolute Gasteiger partial charge is 0.286 e. The lowest BCUT2D eigenvalue weighted by Crippen LogP contribution is -2.16. The van der Waals surface area contributed by atoms with Gasteiger partial charge in [-0.15, -0.1) is 16.5 Å². The number of H-pyrrole nitrogens is 1. The predicted molar refractivity (Wildman–Crippen MR) is 133 cm³/mol. The van der Waals surface area contributed by atoms with Gasteiger partial charge in [0.05, 0.1) is 22.0 Å². The second-order valence-electron chi connectivity index (χ2n) is 8.96. The maximum atomic E-state index is 13.4. The van der Waals surface area contributed by atoms with E-state index in [4.69, 9.17) is 0 Å². The summed E-state index contributed by atoms with van der Waals surface area (Å²) in [7, 11) is 0. The Morgan fingerprint density at radius 2 is 1.79 bits per heavy atom. The van der Waals surface area contributed by atoms with Gasteiger partial charge < -0.3 is 0 Å². The average Bonchev–Trinajstić information content (AvgIpc) is 3.40. The van der Waals surface area contributed by atoms with Gasteiger partial charge in [-0.05, 0) is 43.2 Å². The molecule has 0 saturated carbocycles. The first-order chi connectivity index (χ1) is 16.1. The van der Waals surface area contributed by atoms with Crippen LogP contribution < -0.4 is 5.56 Å². The van der Waals surface area contributed by atoms with Crippen molar-refractivity contribution in [3.8, 4) is 16.4 Å². The van der Waals surface area contributed by atoms with E-state index < -0.39 is 10.5 Å². The average molecular weight is 477 g/mol. The lowest BCUT2D eigenvalue weighted by molar-refractivity contribution is -0.384. The van der Waals surface area contributed by atoms with Crippen LogP contribution in [0.4, 0.5) is 17.1 Å². The van der Waals surface area contributed by atoms with Crippen LogP contribution in [0.1, 0.15) is 37.6 Å². The molecule has 2 aromatic heterocycles. The Labute approximate surface area is 200 Å². The molecule has 10 heteroatoms. The van der Waals surface area contributed by atoms with E-state index in [1.54, 1.807) is 12.1 Å². The molecule has 0 atom stereocenters. The van der Waals surface area contributed by atoms with Gasteiger partial charge in [-0.3, -0.25) is 20.0 Å². The van der Waals surface area contributed by atoms with Gasteiger partial charge in [0, 0.05) is 28.5 Å². The molecule has 34 heavy (non-hydrogen) atoms. The van der Waals surface area contributed by atoms with Crippen molar-refractivity contribution in [3.05, 3.63) is 85.1 Å². The Hall–Kier alpha value is -3.92. The molecule has 4 rings (SSSR count). The fourth-order valence-corrected chi connectivity index (χ4v) is 4.27. The van der Waals surface area contributed by atoms with Crippen LogP contribution in [0.3, 0.4) is 0 Å². The minimum absolute atomic E-state index is 0.0427. The molecular formula is C24H24N6O3S. The van der Waals surface area contributed by atoms with Crippen LogP contribution in [0.15, 0.2) is 62.9 Å². The molecule has 2 heterocycles. The summed E-state index contributed by atoms with van der Waals surface area (Å²) in [5.74, 6) is 0. The Bertz CT molecular complexity index is 1460. The van der Waals surface area contributed by atoms with Gasteiger partial charge in [0.2, 0.25) is 5.13 Å². The number of nitrogens with one attached hydrogen (secondary N) is 1. The topological polar surface area (TPSA) is 119 Å². The van der Waals surface area contributed by atoms with Crippen molar-refractivity contribution in [2.75, 3.05) is 0 Å². The summed E-state index contributed by atoms with van der Waals surface area (Å²) in [6, 6.07) is 11.6. The standard InChI is InChI=1S/C24H24N6O3S/c1-14-7-6-8-18(15(14)2)26-27-21-20(16-9-11-17(12-10-16)30(32)33)28-29(22(21)31)23-25-19(13-34-23)24(3,4)5/h6-13,28H,1-5H3. The maximum absolute atomic E-state index is 13.4. The van der Waals surface area contributed by atoms with Crippen molar-refractivity contribution in [2.24, 2.45) is 10.2 Å². The molecule has 1 N–H and O–H groups in total. The Balaban J connectivity index is 1.86. The first-order valence-corrected chi connectivity index (χ1v) is 11.5. The van der Waals surface area contributed by atoms with Gasteiger partial charge in [-0.1, -0.05) is 32.9 Å². The molecule has 0 spiro atoms. The molecule has 0 radical (unpaired) electrons. The summed E-state index contributed by atoms with van der Waals surface area (Å²) in [5, 5.41) is 25.2. The highest BCUT2D eigenvalue weighted by molar-refractivity contribution is 7.12. The summed E-state index contributed by atoms with van der Waals surface area (Å²) in [6.07, 6.45) is 0. The van der Waals surface area contributed by atoms with Crippen molar-refractivity contribution < 1.29 is 4.92 Å². The summed E-state index contributed by atoms with van der Waals surface area (Å²) < 4.78 is 1.34. The van der Waals surface area contributed by atoms with Crippen LogP contribution in [0, 0.1) is 24.0 Å². The first-order valence-electron chi connectivity index (χ1n) is 10.6. The third kappa shape index (κ3) is 4.44. The van der Waals surface area contributed by atoms with E-state index in [0.717, 1.165) is 16.8 Å². The van der Waals surface area contributed by atoms with Gasteiger partial charge in [0.1, 0.15) is 0 Å². The number of hydrogen-bond acceptors (Lipinski definition) is 7. The summed E-state index contributed by atoms with van der Waals surface area (Å²) in [6.45, 7) is 10.1. The summed E-state index contributed by atoms with van der Waals surface area (Å²) >= 11 is 1.35. The van der Waals surface area contributed by atoms with Crippen LogP contribution >= 0.6 is 11.3 Å². The second kappa shape index (κ2) is 8.79. The van der Waals surface area contributed by atoms with Crippen LogP contribution in [-0.2, 0) is 5.41 Å². The summed E-state index contributed by atoms with van der Waals surface area (Å²) in [5.41, 5.74) is 4.02. The van der Waals surface area contributed by atoms with E-state index in [1.807, 2.05) is 37.4 Å². The number of thiazole rings is 1. The lowest BCUT2D eigenvalue weighted by atomic mass is 9.93. The zero-order valence-electron chi connectivity index (χ0n) is 19.5. The number of nitrogens with zero attached hydrogens (tertiary/aromatic N) is 5. The van der Waals surface area contributed by atoms with Gasteiger partial charge in [-0.25, -0.2) is 4.98 Å². The lowest BCUT2D eigenvalue weighted by Gasteiger charge is -2.14. The number of rotatable bonds is 5. The minimum atomic E-state index is -0.470. The fraction of sp³-hybridized carbons (Fsp3) is 0.250. The van der Waals surface area contributed by atoms with Gasteiger partial charge >= 0.3 is 5.56 Å². The van der Waals surface area contributed by atoms with Crippen LogP contribution in [-0.4, -0.2) is 19.7 Å². The molecule has 0 unspecified atom stereocenters. The Morgan fingerprint density at radius 3 is 2.41 bits per heavy atom. The van der Waals surface area contributed by atoms with Crippen molar-refractivity contribution >= 4 is 28.4 Å². The molecule has 0 bridgehead atoms. The van der Waals surface area contributed by atoms with E-state index in [2.05, 4.69) is 41.1 Å². The molecule has 9 nitrogen and oxygen atoms in total. The fourth-order valence-electron chi connectivity index (χ4n) is 3.27. The van der Waals surface area contributed by atoms with Crippen LogP contribution in [0.2, 0.25) is 0 Å². The van der Waals surface area contributed by atoms with Crippen LogP contribution in [0.25, 0.3) is 16.4 Å². The number of nitro benzene ring substituents is 1. The highest BCUT2D eigenvalue weighted by Crippen LogP contribution is 2.32. The van der Waals surface area contributed by atoms with Crippen molar-refractivity contribution in [1.82, 2.24) is 14.8 Å². The van der Waals surface area contributed by atoms with Gasteiger partial charge in [-0.2, -0.15) is 9.80 Å². The molecule has 0 aliphatic carbocycles. The van der Waals surface area contributed by atoms with E-state index in [9.17, 15) is 14.9 Å². The van der Waals surface area contributed by atoms with Gasteiger partial charge in [0.25, 0.3) is 5.69 Å². The minimum Gasteiger partial charge on any atom is -0.286 e. The molecule has 0 aliphatic rings. The van der Waals surface area contributed by atoms with Gasteiger partial charge in [0.15, 0.2) is 5.69 Å². The monoisotopic (exact) mass is 476 g/mol. The molecule has 0 amide bonds. The molecule has 0 saturated heterocycles. The molecule has 2 aromatic carbocycles. The zero-order chi connectivity index (χ0) is 24.6. The molecular weight excluding hydrogens is 452 g/mol. The van der Waals surface area contributed by atoms with E-state index in [0.29, 0.717) is 22.1 Å².